The molecule has 0 aliphatic rings. The summed E-state index contributed by atoms with van der Waals surface area (Å²) in [5.74, 6) is -0.795. The standard InChI is InChI=1S/C24H31ClN4O5S/c1-7-27-17(13-14(2)26)24(31)34-23-19(15(3)28-29(23)4)21(30)16-9-10-18(35-6)22(20(16)25)33-12-8-11-32-5/h9-10,13H,7-8,11-12,26H2,1-6H3. The lowest BCUT2D eigenvalue weighted by Crippen LogP contribution is -2.22. The number of aliphatic imine (C=N–C) groups is 1. The SMILES string of the molecule is CCN=C(C=C(C)N)C(=O)Oc1c(C(=O)c2ccc(SC)c(OCCCOC)c2Cl)c(C)nn1C. The molecule has 2 N–H and O–H groups in total. The zero-order valence-corrected chi connectivity index (χ0v) is 22.4. The molecule has 0 amide bonds. The van der Waals surface area contributed by atoms with E-state index in [4.69, 9.17) is 31.5 Å². The molecule has 0 aliphatic heterocycles. The predicted molar refractivity (Wildman–Crippen MR) is 138 cm³/mol. The maximum absolute atomic E-state index is 13.6. The molecule has 1 aromatic carbocycles. The van der Waals surface area contributed by atoms with Gasteiger partial charge in [-0.15, -0.1) is 11.8 Å². The van der Waals surface area contributed by atoms with Crippen molar-refractivity contribution in [1.29, 1.82) is 0 Å². The Balaban J connectivity index is 2.48. The fraction of sp³-hybridized carbons (Fsp3) is 0.417. The average Bonchev–Trinajstić information content (AvgIpc) is 3.08. The fourth-order valence-corrected chi connectivity index (χ4v) is 4.14. The van der Waals surface area contributed by atoms with Crippen LogP contribution in [0.4, 0.5) is 0 Å². The summed E-state index contributed by atoms with van der Waals surface area (Å²) in [5.41, 5.74) is 6.86. The van der Waals surface area contributed by atoms with Crippen LogP contribution < -0.4 is 15.2 Å². The number of benzene rings is 1. The number of aryl methyl sites for hydroxylation is 2. The molecule has 0 fully saturated rings. The summed E-state index contributed by atoms with van der Waals surface area (Å²) < 4.78 is 17.9. The first kappa shape index (κ1) is 28.4. The van der Waals surface area contributed by atoms with E-state index in [0.29, 0.717) is 43.3 Å². The van der Waals surface area contributed by atoms with E-state index >= 15 is 0 Å². The number of esters is 1. The topological polar surface area (TPSA) is 118 Å². The van der Waals surface area contributed by atoms with Crippen molar-refractivity contribution in [2.24, 2.45) is 17.8 Å². The Hall–Kier alpha value is -2.82. The van der Waals surface area contributed by atoms with Crippen molar-refractivity contribution in [3.05, 3.63) is 45.7 Å². The minimum atomic E-state index is -0.750. The zero-order chi connectivity index (χ0) is 26.1. The summed E-state index contributed by atoms with van der Waals surface area (Å²) in [6.07, 6.45) is 3.98. The third-order valence-corrected chi connectivity index (χ3v) is 5.89. The van der Waals surface area contributed by atoms with E-state index in [9.17, 15) is 9.59 Å². The largest absolute Gasteiger partial charge is 0.491 e. The molecule has 0 unspecified atom stereocenters. The maximum atomic E-state index is 13.6. The molecular weight excluding hydrogens is 492 g/mol. The van der Waals surface area contributed by atoms with Crippen molar-refractivity contribution in [3.63, 3.8) is 0 Å². The van der Waals surface area contributed by atoms with Crippen molar-refractivity contribution in [1.82, 2.24) is 9.78 Å². The molecule has 2 rings (SSSR count). The van der Waals surface area contributed by atoms with Crippen molar-refractivity contribution in [2.75, 3.05) is 33.1 Å². The van der Waals surface area contributed by atoms with Crippen LogP contribution in [0.15, 0.2) is 33.8 Å². The second kappa shape index (κ2) is 13.3. The molecule has 1 heterocycles. The number of aromatic nitrogens is 2. The van der Waals surface area contributed by atoms with Gasteiger partial charge in [-0.3, -0.25) is 9.79 Å². The number of methoxy groups -OCH3 is 1. The highest BCUT2D eigenvalue weighted by atomic mass is 35.5. The Kier molecular flexibility index (Phi) is 10.8. The Morgan fingerprint density at radius 1 is 1.31 bits per heavy atom. The quantitative estimate of drug-likeness (QED) is 0.146. The zero-order valence-electron chi connectivity index (χ0n) is 20.8. The van der Waals surface area contributed by atoms with Crippen molar-refractivity contribution in [3.8, 4) is 11.6 Å². The summed E-state index contributed by atoms with van der Waals surface area (Å²) >= 11 is 8.10. The van der Waals surface area contributed by atoms with Crippen LogP contribution in [0, 0.1) is 6.92 Å². The van der Waals surface area contributed by atoms with Crippen molar-refractivity contribution >= 4 is 40.8 Å². The van der Waals surface area contributed by atoms with Crippen molar-refractivity contribution < 1.29 is 23.8 Å². The number of hydrogen-bond acceptors (Lipinski definition) is 9. The number of thioether (sulfide) groups is 1. The van der Waals surface area contributed by atoms with Crippen LogP contribution in [0.3, 0.4) is 0 Å². The van der Waals surface area contributed by atoms with E-state index in [1.54, 1.807) is 47.1 Å². The van der Waals surface area contributed by atoms with Gasteiger partial charge in [0.15, 0.2) is 5.75 Å². The van der Waals surface area contributed by atoms with Crippen LogP contribution >= 0.6 is 23.4 Å². The van der Waals surface area contributed by atoms with Crippen LogP contribution in [-0.4, -0.2) is 60.4 Å². The van der Waals surface area contributed by atoms with Gasteiger partial charge in [0.1, 0.15) is 11.3 Å². The molecule has 0 saturated carbocycles. The van der Waals surface area contributed by atoms with E-state index < -0.39 is 11.8 Å². The van der Waals surface area contributed by atoms with Crippen molar-refractivity contribution in [2.45, 2.75) is 32.1 Å². The lowest BCUT2D eigenvalue weighted by atomic mass is 10.0. The number of nitrogens with two attached hydrogens (primary N) is 1. The highest BCUT2D eigenvalue weighted by Gasteiger charge is 2.28. The molecule has 0 radical (unpaired) electrons. The van der Waals surface area contributed by atoms with Gasteiger partial charge in [0.05, 0.1) is 22.2 Å². The lowest BCUT2D eigenvalue weighted by Gasteiger charge is -2.15. The smallest absolute Gasteiger partial charge is 0.363 e. The number of carbonyl (C=O) groups is 2. The monoisotopic (exact) mass is 522 g/mol. The van der Waals surface area contributed by atoms with Gasteiger partial charge in [-0.25, -0.2) is 9.48 Å². The normalized spacial score (nSPS) is 12.1. The number of carbonyl (C=O) groups excluding carboxylic acids is 2. The second-order valence-electron chi connectivity index (χ2n) is 7.51. The van der Waals surface area contributed by atoms with Crippen LogP contribution in [0.1, 0.15) is 41.9 Å². The van der Waals surface area contributed by atoms with Gasteiger partial charge in [-0.1, -0.05) is 11.6 Å². The van der Waals surface area contributed by atoms with E-state index in [1.807, 2.05) is 6.26 Å². The Morgan fingerprint density at radius 2 is 2.03 bits per heavy atom. The Labute approximate surface area is 214 Å². The van der Waals surface area contributed by atoms with E-state index in [2.05, 4.69) is 10.1 Å². The first-order chi connectivity index (χ1) is 16.7. The molecule has 0 bridgehead atoms. The molecule has 190 valence electrons. The number of allylic oxidation sites excluding steroid dienone is 1. The molecule has 0 aliphatic carbocycles. The number of halogens is 1. The molecule has 0 atom stereocenters. The number of ketones is 1. The third-order valence-electron chi connectivity index (χ3n) is 4.75. The van der Waals surface area contributed by atoms with Crippen LogP contribution in [0.5, 0.6) is 11.6 Å². The predicted octanol–water partition coefficient (Wildman–Crippen LogP) is 3.98. The van der Waals surface area contributed by atoms with E-state index in [1.165, 1.54) is 22.5 Å². The van der Waals surface area contributed by atoms with E-state index in [-0.39, 0.29) is 27.7 Å². The Bertz CT molecular complexity index is 1140. The average molecular weight is 523 g/mol. The number of nitrogens with zero attached hydrogens (tertiary/aromatic N) is 3. The molecule has 1 aromatic heterocycles. The molecule has 0 spiro atoms. The van der Waals surface area contributed by atoms with Gasteiger partial charge < -0.3 is 19.9 Å². The molecule has 11 heteroatoms. The summed E-state index contributed by atoms with van der Waals surface area (Å²) in [7, 11) is 3.20. The highest BCUT2D eigenvalue weighted by Crippen LogP contribution is 2.39. The van der Waals surface area contributed by atoms with Gasteiger partial charge in [-0.2, -0.15) is 5.10 Å². The molecule has 2 aromatic rings. The molecule has 9 nitrogen and oxygen atoms in total. The highest BCUT2D eigenvalue weighted by molar-refractivity contribution is 7.98. The van der Waals surface area contributed by atoms with E-state index in [0.717, 1.165) is 4.90 Å². The van der Waals surface area contributed by atoms with Crippen LogP contribution in [-0.2, 0) is 16.6 Å². The number of rotatable bonds is 12. The summed E-state index contributed by atoms with van der Waals surface area (Å²) in [5, 5.41) is 4.45. The maximum Gasteiger partial charge on any atom is 0.363 e. The first-order valence-corrected chi connectivity index (χ1v) is 12.5. The van der Waals surface area contributed by atoms with Crippen LogP contribution in [0.2, 0.25) is 5.02 Å². The van der Waals surface area contributed by atoms with Gasteiger partial charge in [0, 0.05) is 45.0 Å². The third kappa shape index (κ3) is 7.09. The molecule has 0 saturated heterocycles. The Morgan fingerprint density at radius 3 is 2.63 bits per heavy atom. The molecular formula is C24H31ClN4O5S. The lowest BCUT2D eigenvalue weighted by molar-refractivity contribution is -0.127. The van der Waals surface area contributed by atoms with Gasteiger partial charge in [0.2, 0.25) is 11.7 Å². The minimum absolute atomic E-state index is 0.0167. The van der Waals surface area contributed by atoms with Gasteiger partial charge in [0.25, 0.3) is 0 Å². The van der Waals surface area contributed by atoms with Crippen LogP contribution in [0.25, 0.3) is 0 Å². The minimum Gasteiger partial charge on any atom is -0.491 e. The van der Waals surface area contributed by atoms with Gasteiger partial charge >= 0.3 is 5.97 Å². The fourth-order valence-electron chi connectivity index (χ4n) is 3.23. The summed E-state index contributed by atoms with van der Waals surface area (Å²) in [6, 6.07) is 3.40. The molecule has 35 heavy (non-hydrogen) atoms. The first-order valence-electron chi connectivity index (χ1n) is 10.9. The second-order valence-corrected chi connectivity index (χ2v) is 8.74. The number of hydrogen-bond donors (Lipinski definition) is 1. The summed E-state index contributed by atoms with van der Waals surface area (Å²) in [6.45, 7) is 6.34. The summed E-state index contributed by atoms with van der Waals surface area (Å²) in [4.78, 5) is 31.4. The number of ether oxygens (including phenoxy) is 3. The van der Waals surface area contributed by atoms with Gasteiger partial charge in [-0.05, 0) is 45.2 Å².